The van der Waals surface area contributed by atoms with Gasteiger partial charge in [-0.3, -0.25) is 9.69 Å². The first-order valence-corrected chi connectivity index (χ1v) is 12.6. The Bertz CT molecular complexity index is 1020. The molecular formula is C27H33N3O3S. The number of nitrogens with one attached hydrogen (secondary N) is 1. The predicted molar refractivity (Wildman–Crippen MR) is 139 cm³/mol. The monoisotopic (exact) mass is 479 g/mol. The Labute approximate surface area is 206 Å². The van der Waals surface area contributed by atoms with E-state index < -0.39 is 0 Å². The Kier molecular flexibility index (Phi) is 8.57. The number of benzene rings is 2. The van der Waals surface area contributed by atoms with Gasteiger partial charge in [-0.25, -0.2) is 0 Å². The number of hydrogen-bond acceptors (Lipinski definition) is 6. The predicted octanol–water partition coefficient (Wildman–Crippen LogP) is 4.67. The van der Waals surface area contributed by atoms with Gasteiger partial charge in [-0.05, 0) is 66.8 Å². The van der Waals surface area contributed by atoms with Crippen LogP contribution in [-0.2, 0) is 22.5 Å². The summed E-state index contributed by atoms with van der Waals surface area (Å²) in [6.45, 7) is 6.51. The van der Waals surface area contributed by atoms with E-state index in [0.29, 0.717) is 13.1 Å². The fourth-order valence-corrected chi connectivity index (χ4v) is 4.97. The van der Waals surface area contributed by atoms with Gasteiger partial charge in [0.2, 0.25) is 5.91 Å². The molecule has 180 valence electrons. The Morgan fingerprint density at radius 2 is 1.85 bits per heavy atom. The minimum atomic E-state index is -0.00864. The molecule has 34 heavy (non-hydrogen) atoms. The van der Waals surface area contributed by atoms with Crippen molar-refractivity contribution in [2.24, 2.45) is 0 Å². The summed E-state index contributed by atoms with van der Waals surface area (Å²) in [6, 6.07) is 20.6. The molecule has 2 aromatic carbocycles. The van der Waals surface area contributed by atoms with E-state index in [1.165, 1.54) is 4.88 Å². The average Bonchev–Trinajstić information content (AvgIpc) is 3.38. The van der Waals surface area contributed by atoms with Crippen molar-refractivity contribution < 1.29 is 14.3 Å². The summed E-state index contributed by atoms with van der Waals surface area (Å²) in [5.41, 5.74) is 3.13. The molecule has 1 aromatic heterocycles. The van der Waals surface area contributed by atoms with Crippen LogP contribution in [0.5, 0.6) is 5.75 Å². The largest absolute Gasteiger partial charge is 0.497 e. The lowest BCUT2D eigenvalue weighted by atomic mass is 10.1. The van der Waals surface area contributed by atoms with E-state index >= 15 is 0 Å². The van der Waals surface area contributed by atoms with Crippen LogP contribution < -0.4 is 15.0 Å². The van der Waals surface area contributed by atoms with Crippen molar-refractivity contribution in [1.29, 1.82) is 0 Å². The van der Waals surface area contributed by atoms with Crippen molar-refractivity contribution in [2.75, 3.05) is 50.2 Å². The molecule has 1 aliphatic heterocycles. The van der Waals surface area contributed by atoms with Gasteiger partial charge in [-0.1, -0.05) is 18.2 Å². The minimum absolute atomic E-state index is 0.00864. The van der Waals surface area contributed by atoms with Gasteiger partial charge < -0.3 is 19.7 Å². The molecule has 1 fully saturated rings. The first-order valence-electron chi connectivity index (χ1n) is 11.7. The molecule has 7 heteroatoms. The van der Waals surface area contributed by atoms with Gasteiger partial charge >= 0.3 is 0 Å². The number of carbonyl (C=O) groups is 1. The SMILES string of the molecule is COc1ccc(CN(CC(=O)Nc2ccc(N3CCOCC3)cc2)C(C)Cc2cccs2)cc1. The quantitative estimate of drug-likeness (QED) is 0.458. The molecule has 2 heterocycles. The molecule has 0 aliphatic carbocycles. The summed E-state index contributed by atoms with van der Waals surface area (Å²) in [7, 11) is 1.67. The zero-order valence-corrected chi connectivity index (χ0v) is 20.7. The van der Waals surface area contributed by atoms with Crippen molar-refractivity contribution in [2.45, 2.75) is 25.9 Å². The number of anilines is 2. The maximum absolute atomic E-state index is 13.0. The van der Waals surface area contributed by atoms with Gasteiger partial charge in [0, 0.05) is 41.9 Å². The number of morpholine rings is 1. The number of thiophene rings is 1. The number of carbonyl (C=O) groups excluding carboxylic acids is 1. The summed E-state index contributed by atoms with van der Waals surface area (Å²) in [5, 5.41) is 5.18. The van der Waals surface area contributed by atoms with Crippen molar-refractivity contribution in [3.63, 3.8) is 0 Å². The maximum atomic E-state index is 13.0. The van der Waals surface area contributed by atoms with Crippen LogP contribution in [-0.4, -0.2) is 56.8 Å². The van der Waals surface area contributed by atoms with Gasteiger partial charge in [-0.15, -0.1) is 11.3 Å². The number of hydrogen-bond donors (Lipinski definition) is 1. The summed E-state index contributed by atoms with van der Waals surface area (Å²) < 4.78 is 10.7. The molecule has 0 spiro atoms. The second kappa shape index (κ2) is 12.0. The van der Waals surface area contributed by atoms with Crippen molar-refractivity contribution in [3.05, 3.63) is 76.5 Å². The van der Waals surface area contributed by atoms with Gasteiger partial charge in [0.25, 0.3) is 0 Å². The molecule has 1 aliphatic rings. The van der Waals surface area contributed by atoms with E-state index in [4.69, 9.17) is 9.47 Å². The summed E-state index contributed by atoms with van der Waals surface area (Å²) in [4.78, 5) is 18.9. The van der Waals surface area contributed by atoms with E-state index in [2.05, 4.69) is 63.8 Å². The van der Waals surface area contributed by atoms with Crippen LogP contribution in [0.3, 0.4) is 0 Å². The Morgan fingerprint density at radius 1 is 1.12 bits per heavy atom. The Hall–Kier alpha value is -2.87. The molecule has 3 aromatic rings. The fraction of sp³-hybridized carbons (Fsp3) is 0.370. The zero-order chi connectivity index (χ0) is 23.8. The highest BCUT2D eigenvalue weighted by Gasteiger charge is 2.19. The molecule has 0 saturated carbocycles. The van der Waals surface area contributed by atoms with Crippen molar-refractivity contribution in [3.8, 4) is 5.75 Å². The minimum Gasteiger partial charge on any atom is -0.497 e. The zero-order valence-electron chi connectivity index (χ0n) is 19.9. The topological polar surface area (TPSA) is 54.0 Å². The van der Waals surface area contributed by atoms with E-state index in [1.54, 1.807) is 18.4 Å². The molecule has 6 nitrogen and oxygen atoms in total. The van der Waals surface area contributed by atoms with Crippen molar-refractivity contribution >= 4 is 28.6 Å². The number of ether oxygens (including phenoxy) is 2. The number of amides is 1. The van der Waals surface area contributed by atoms with Gasteiger partial charge in [0.1, 0.15) is 5.75 Å². The first-order chi connectivity index (χ1) is 16.6. The van der Waals surface area contributed by atoms with Crippen molar-refractivity contribution in [1.82, 2.24) is 4.90 Å². The van der Waals surface area contributed by atoms with Crippen LogP contribution in [0.1, 0.15) is 17.4 Å². The second-order valence-corrected chi connectivity index (χ2v) is 9.61. The number of rotatable bonds is 10. The van der Waals surface area contributed by atoms with Crippen LogP contribution in [0.15, 0.2) is 66.0 Å². The van der Waals surface area contributed by atoms with Crippen LogP contribution in [0, 0.1) is 0 Å². The Balaban J connectivity index is 1.39. The molecule has 1 amide bonds. The molecule has 1 N–H and O–H groups in total. The van der Waals surface area contributed by atoms with Gasteiger partial charge in [0.15, 0.2) is 0 Å². The maximum Gasteiger partial charge on any atom is 0.238 e. The highest BCUT2D eigenvalue weighted by Crippen LogP contribution is 2.21. The lowest BCUT2D eigenvalue weighted by molar-refractivity contribution is -0.118. The normalized spacial score (nSPS) is 14.7. The molecular weight excluding hydrogens is 446 g/mol. The van der Waals surface area contributed by atoms with E-state index in [9.17, 15) is 4.79 Å². The summed E-state index contributed by atoms with van der Waals surface area (Å²) in [5.74, 6) is 0.825. The standard InChI is InChI=1S/C27H33N3O3S/c1-21(18-26-4-3-17-34-26)30(19-22-5-11-25(32-2)12-6-22)20-27(31)28-23-7-9-24(10-8-23)29-13-15-33-16-14-29/h3-12,17,21H,13-16,18-20H2,1-2H3,(H,28,31). The van der Waals surface area contributed by atoms with Crippen LogP contribution in [0.4, 0.5) is 11.4 Å². The lowest BCUT2D eigenvalue weighted by Crippen LogP contribution is -2.40. The Morgan fingerprint density at radius 3 is 2.50 bits per heavy atom. The lowest BCUT2D eigenvalue weighted by Gasteiger charge is -2.29. The average molecular weight is 480 g/mol. The molecule has 1 unspecified atom stereocenters. The third-order valence-electron chi connectivity index (χ3n) is 6.12. The van der Waals surface area contributed by atoms with Gasteiger partial charge in [0.05, 0.1) is 26.9 Å². The van der Waals surface area contributed by atoms with E-state index in [-0.39, 0.29) is 11.9 Å². The fourth-order valence-electron chi connectivity index (χ4n) is 4.14. The molecule has 1 saturated heterocycles. The molecule has 1 atom stereocenters. The van der Waals surface area contributed by atoms with Crippen LogP contribution in [0.25, 0.3) is 0 Å². The van der Waals surface area contributed by atoms with E-state index in [0.717, 1.165) is 55.4 Å². The first kappa shape index (κ1) is 24.3. The highest BCUT2D eigenvalue weighted by atomic mass is 32.1. The summed E-state index contributed by atoms with van der Waals surface area (Å²) >= 11 is 1.76. The van der Waals surface area contributed by atoms with E-state index in [1.807, 2.05) is 24.3 Å². The third kappa shape index (κ3) is 6.82. The summed E-state index contributed by atoms with van der Waals surface area (Å²) in [6.07, 6.45) is 0.912. The smallest absolute Gasteiger partial charge is 0.238 e. The second-order valence-electron chi connectivity index (χ2n) is 8.58. The number of nitrogens with zero attached hydrogens (tertiary/aromatic N) is 2. The third-order valence-corrected chi connectivity index (χ3v) is 7.02. The molecule has 0 bridgehead atoms. The number of methoxy groups -OCH3 is 1. The van der Waals surface area contributed by atoms with Crippen LogP contribution in [0.2, 0.25) is 0 Å². The molecule has 4 rings (SSSR count). The molecule has 0 radical (unpaired) electrons. The highest BCUT2D eigenvalue weighted by molar-refractivity contribution is 7.09. The van der Waals surface area contributed by atoms with Gasteiger partial charge in [-0.2, -0.15) is 0 Å². The van der Waals surface area contributed by atoms with Crippen LogP contribution >= 0.6 is 11.3 Å².